The predicted molar refractivity (Wildman–Crippen MR) is 89.6 cm³/mol. The molecule has 0 aliphatic heterocycles. The fraction of sp³-hybridized carbons (Fsp3) is 0.733. The van der Waals surface area contributed by atoms with Crippen LogP contribution in [0.15, 0.2) is 4.47 Å². The molecule has 1 amide bonds. The second kappa shape index (κ2) is 7.40. The lowest BCUT2D eigenvalue weighted by atomic mass is 10.2. The van der Waals surface area contributed by atoms with Gasteiger partial charge in [0.2, 0.25) is 0 Å². The highest BCUT2D eigenvalue weighted by Crippen LogP contribution is 2.20. The maximum atomic E-state index is 12.3. The van der Waals surface area contributed by atoms with Crippen molar-refractivity contribution >= 4 is 21.8 Å². The zero-order chi connectivity index (χ0) is 16.3. The van der Waals surface area contributed by atoms with E-state index in [1.54, 1.807) is 4.68 Å². The maximum Gasteiger partial charge on any atom is 0.273 e. The summed E-state index contributed by atoms with van der Waals surface area (Å²) < 4.78 is 2.47. The van der Waals surface area contributed by atoms with E-state index < -0.39 is 0 Å². The molecule has 0 saturated heterocycles. The number of halogens is 1. The molecule has 1 atom stereocenters. The molecule has 0 radical (unpaired) electrons. The van der Waals surface area contributed by atoms with Crippen LogP contribution in [0.2, 0.25) is 0 Å². The van der Waals surface area contributed by atoms with Crippen molar-refractivity contribution in [3.63, 3.8) is 0 Å². The molecular weight excluding hydrogens is 332 g/mol. The molecule has 1 rings (SSSR count). The number of aryl methyl sites for hydroxylation is 1. The van der Waals surface area contributed by atoms with E-state index >= 15 is 0 Å². The number of nitrogens with zero attached hydrogens (tertiary/aromatic N) is 3. The Morgan fingerprint density at radius 2 is 1.81 bits per heavy atom. The lowest BCUT2D eigenvalue weighted by Crippen LogP contribution is -2.47. The number of hydrogen-bond donors (Lipinski definition) is 1. The van der Waals surface area contributed by atoms with Gasteiger partial charge in [-0.2, -0.15) is 5.10 Å². The quantitative estimate of drug-likeness (QED) is 0.850. The van der Waals surface area contributed by atoms with Gasteiger partial charge >= 0.3 is 0 Å². The number of aromatic nitrogens is 2. The Kier molecular flexibility index (Phi) is 6.41. The van der Waals surface area contributed by atoms with E-state index in [0.29, 0.717) is 17.8 Å². The van der Waals surface area contributed by atoms with Crippen LogP contribution >= 0.6 is 15.9 Å². The first-order valence-electron chi connectivity index (χ1n) is 7.40. The third-order valence-electron chi connectivity index (χ3n) is 3.66. The fourth-order valence-electron chi connectivity index (χ4n) is 2.40. The Labute approximate surface area is 136 Å². The number of nitrogens with one attached hydrogen (secondary N) is 1. The lowest BCUT2D eigenvalue weighted by Gasteiger charge is -2.33. The number of rotatable bonds is 6. The average Bonchev–Trinajstić information content (AvgIpc) is 2.63. The van der Waals surface area contributed by atoms with E-state index in [4.69, 9.17) is 0 Å². The van der Waals surface area contributed by atoms with E-state index in [-0.39, 0.29) is 11.9 Å². The van der Waals surface area contributed by atoms with Crippen molar-refractivity contribution < 1.29 is 4.79 Å². The van der Waals surface area contributed by atoms with Crippen LogP contribution in [0.4, 0.5) is 0 Å². The molecule has 1 aromatic rings. The molecule has 1 aromatic heterocycles. The molecule has 0 bridgehead atoms. The Balaban J connectivity index is 2.72. The van der Waals surface area contributed by atoms with Crippen molar-refractivity contribution in [1.29, 1.82) is 0 Å². The molecular formula is C15H27BrN4O. The minimum atomic E-state index is -0.134. The summed E-state index contributed by atoms with van der Waals surface area (Å²) in [5.74, 6) is -0.134. The van der Waals surface area contributed by atoms with Crippen LogP contribution in [-0.2, 0) is 7.05 Å². The van der Waals surface area contributed by atoms with E-state index in [1.165, 1.54) is 0 Å². The SMILES string of the molecule is Cc1c(Br)c(C(=O)N[C@H](C)CN(C(C)C)C(C)C)nn1C. The number of amides is 1. The Morgan fingerprint density at radius 3 is 2.19 bits per heavy atom. The lowest BCUT2D eigenvalue weighted by molar-refractivity contribution is 0.0905. The van der Waals surface area contributed by atoms with Gasteiger partial charge in [0.05, 0.1) is 10.2 Å². The predicted octanol–water partition coefficient (Wildman–Crippen LogP) is 2.73. The summed E-state index contributed by atoms with van der Waals surface area (Å²) in [5.41, 5.74) is 1.39. The van der Waals surface area contributed by atoms with Crippen molar-refractivity contribution in [2.24, 2.45) is 7.05 Å². The number of carbonyl (C=O) groups is 1. The van der Waals surface area contributed by atoms with E-state index in [0.717, 1.165) is 16.7 Å². The molecule has 0 aliphatic rings. The van der Waals surface area contributed by atoms with E-state index in [1.807, 2.05) is 20.9 Å². The average molecular weight is 359 g/mol. The van der Waals surface area contributed by atoms with Crippen LogP contribution in [0.5, 0.6) is 0 Å². The molecule has 0 aromatic carbocycles. The highest BCUT2D eigenvalue weighted by atomic mass is 79.9. The molecule has 0 spiro atoms. The van der Waals surface area contributed by atoms with Crippen molar-refractivity contribution in [3.8, 4) is 0 Å². The summed E-state index contributed by atoms with van der Waals surface area (Å²) >= 11 is 3.43. The van der Waals surface area contributed by atoms with Gasteiger partial charge < -0.3 is 5.32 Å². The smallest absolute Gasteiger partial charge is 0.273 e. The first kappa shape index (κ1) is 18.2. The molecule has 0 unspecified atom stereocenters. The third-order valence-corrected chi connectivity index (χ3v) is 4.61. The maximum absolute atomic E-state index is 12.3. The van der Waals surface area contributed by atoms with Gasteiger partial charge in [-0.15, -0.1) is 0 Å². The second-order valence-corrected chi connectivity index (χ2v) is 6.92. The summed E-state index contributed by atoms with van der Waals surface area (Å²) in [5, 5.41) is 7.29. The van der Waals surface area contributed by atoms with Gasteiger partial charge in [0, 0.05) is 31.7 Å². The normalized spacial score (nSPS) is 13.3. The van der Waals surface area contributed by atoms with Gasteiger partial charge in [-0.1, -0.05) is 0 Å². The summed E-state index contributed by atoms with van der Waals surface area (Å²) in [4.78, 5) is 14.7. The van der Waals surface area contributed by atoms with Gasteiger partial charge in [0.1, 0.15) is 0 Å². The molecule has 6 heteroatoms. The van der Waals surface area contributed by atoms with Crippen LogP contribution in [0.3, 0.4) is 0 Å². The minimum Gasteiger partial charge on any atom is -0.347 e. The largest absolute Gasteiger partial charge is 0.347 e. The highest BCUT2D eigenvalue weighted by molar-refractivity contribution is 9.10. The Bertz CT molecular complexity index is 488. The van der Waals surface area contributed by atoms with Gasteiger partial charge in [-0.3, -0.25) is 14.4 Å². The summed E-state index contributed by atoms with van der Waals surface area (Å²) in [7, 11) is 1.83. The second-order valence-electron chi connectivity index (χ2n) is 6.13. The number of carbonyl (C=O) groups excluding carboxylic acids is 1. The van der Waals surface area contributed by atoms with E-state index in [9.17, 15) is 4.79 Å². The Morgan fingerprint density at radius 1 is 1.29 bits per heavy atom. The molecule has 0 aliphatic carbocycles. The van der Waals surface area contributed by atoms with Gasteiger partial charge in [0.25, 0.3) is 5.91 Å². The van der Waals surface area contributed by atoms with Crippen molar-refractivity contribution in [3.05, 3.63) is 15.9 Å². The first-order chi connectivity index (χ1) is 9.65. The molecule has 0 fully saturated rings. The van der Waals surface area contributed by atoms with Crippen LogP contribution in [0, 0.1) is 6.92 Å². The topological polar surface area (TPSA) is 50.2 Å². The van der Waals surface area contributed by atoms with Crippen LogP contribution < -0.4 is 5.32 Å². The zero-order valence-corrected chi connectivity index (χ0v) is 15.7. The molecule has 21 heavy (non-hydrogen) atoms. The fourth-order valence-corrected chi connectivity index (χ4v) is 2.92. The van der Waals surface area contributed by atoms with Crippen LogP contribution in [0.25, 0.3) is 0 Å². The summed E-state index contributed by atoms with van der Waals surface area (Å²) in [6.07, 6.45) is 0. The van der Waals surface area contributed by atoms with Crippen LogP contribution in [-0.4, -0.2) is 45.3 Å². The first-order valence-corrected chi connectivity index (χ1v) is 8.20. The third kappa shape index (κ3) is 4.54. The van der Waals surface area contributed by atoms with Gasteiger partial charge in [-0.25, -0.2) is 0 Å². The standard InChI is InChI=1S/C15H27BrN4O/c1-9(2)20(10(3)4)8-11(5)17-15(21)14-13(16)12(6)19(7)18-14/h9-11H,8H2,1-7H3,(H,17,21)/t11-/m1/s1. The monoisotopic (exact) mass is 358 g/mol. The summed E-state index contributed by atoms with van der Waals surface area (Å²) in [6, 6.07) is 0.970. The summed E-state index contributed by atoms with van der Waals surface area (Å²) in [6.45, 7) is 13.5. The van der Waals surface area contributed by atoms with Gasteiger partial charge in [-0.05, 0) is 57.5 Å². The minimum absolute atomic E-state index is 0.0662. The van der Waals surface area contributed by atoms with Crippen LogP contribution in [0.1, 0.15) is 50.8 Å². The van der Waals surface area contributed by atoms with Crippen molar-refractivity contribution in [2.45, 2.75) is 59.7 Å². The molecule has 0 saturated carbocycles. The number of hydrogen-bond acceptors (Lipinski definition) is 3. The highest BCUT2D eigenvalue weighted by Gasteiger charge is 2.21. The molecule has 1 heterocycles. The van der Waals surface area contributed by atoms with Crippen molar-refractivity contribution in [2.75, 3.05) is 6.54 Å². The van der Waals surface area contributed by atoms with E-state index in [2.05, 4.69) is 58.9 Å². The van der Waals surface area contributed by atoms with Gasteiger partial charge in [0.15, 0.2) is 5.69 Å². The zero-order valence-electron chi connectivity index (χ0n) is 14.1. The molecule has 5 nitrogen and oxygen atoms in total. The molecule has 120 valence electrons. The van der Waals surface area contributed by atoms with Crippen molar-refractivity contribution in [1.82, 2.24) is 20.0 Å². The molecule has 1 N–H and O–H groups in total. The Hall–Kier alpha value is -0.880.